The fourth-order valence-electron chi connectivity index (χ4n) is 1.94. The molecular weight excluding hydrogens is 202 g/mol. The number of hydrogen-bond acceptors (Lipinski definition) is 4. The van der Waals surface area contributed by atoms with Gasteiger partial charge >= 0.3 is 0 Å². The summed E-state index contributed by atoms with van der Waals surface area (Å²) in [5, 5.41) is 8.73. The van der Waals surface area contributed by atoms with Crippen LogP contribution in [0.2, 0.25) is 0 Å². The zero-order chi connectivity index (χ0) is 11.4. The minimum atomic E-state index is 0.491. The standard InChI is InChI=1S/C12H15N3O/c1-15-4-2-3-11(15)9-16-12-5-10(6-13)7-14-8-12/h5,7-8,11H,2-4,9H2,1H3/t11-/m1/s1. The van der Waals surface area contributed by atoms with Crippen molar-refractivity contribution in [3.8, 4) is 11.8 Å². The van der Waals surface area contributed by atoms with Gasteiger partial charge in [-0.2, -0.15) is 5.26 Å². The third-order valence-corrected chi connectivity index (χ3v) is 2.96. The Hall–Kier alpha value is -1.60. The Morgan fingerprint density at radius 1 is 1.62 bits per heavy atom. The summed E-state index contributed by atoms with van der Waals surface area (Å²) in [4.78, 5) is 6.27. The van der Waals surface area contributed by atoms with Gasteiger partial charge in [0.2, 0.25) is 0 Å². The zero-order valence-corrected chi connectivity index (χ0v) is 9.39. The van der Waals surface area contributed by atoms with E-state index in [-0.39, 0.29) is 0 Å². The molecule has 1 atom stereocenters. The second-order valence-electron chi connectivity index (χ2n) is 4.11. The van der Waals surface area contributed by atoms with Gasteiger partial charge < -0.3 is 9.64 Å². The maximum absolute atomic E-state index is 8.73. The van der Waals surface area contributed by atoms with Crippen LogP contribution in [0.1, 0.15) is 18.4 Å². The normalized spacial score (nSPS) is 20.6. The first-order valence-electron chi connectivity index (χ1n) is 5.48. The molecule has 4 nitrogen and oxygen atoms in total. The van der Waals surface area contributed by atoms with Gasteiger partial charge in [-0.1, -0.05) is 0 Å². The van der Waals surface area contributed by atoms with E-state index in [1.54, 1.807) is 12.3 Å². The lowest BCUT2D eigenvalue weighted by atomic mass is 10.2. The van der Waals surface area contributed by atoms with Gasteiger partial charge in [-0.3, -0.25) is 4.98 Å². The lowest BCUT2D eigenvalue weighted by Crippen LogP contribution is -2.30. The molecule has 1 aromatic heterocycles. The molecule has 4 heteroatoms. The second-order valence-corrected chi connectivity index (χ2v) is 4.11. The maximum atomic E-state index is 8.73. The number of nitriles is 1. The Morgan fingerprint density at radius 3 is 3.19 bits per heavy atom. The number of rotatable bonds is 3. The van der Waals surface area contributed by atoms with Gasteiger partial charge in [-0.25, -0.2) is 0 Å². The maximum Gasteiger partial charge on any atom is 0.138 e. The number of nitrogens with zero attached hydrogens (tertiary/aromatic N) is 3. The quantitative estimate of drug-likeness (QED) is 0.768. The number of likely N-dealkylation sites (N-methyl/N-ethyl adjacent to an activating group) is 1. The molecular formula is C12H15N3O. The lowest BCUT2D eigenvalue weighted by Gasteiger charge is -2.19. The minimum Gasteiger partial charge on any atom is -0.490 e. The molecule has 1 aliphatic rings. The average Bonchev–Trinajstić information content (AvgIpc) is 2.72. The molecule has 16 heavy (non-hydrogen) atoms. The van der Waals surface area contributed by atoms with E-state index < -0.39 is 0 Å². The van der Waals surface area contributed by atoms with Gasteiger partial charge in [0.05, 0.1) is 11.8 Å². The molecule has 0 aliphatic carbocycles. The predicted molar refractivity (Wildman–Crippen MR) is 60.1 cm³/mol. The Bertz CT molecular complexity index is 399. The van der Waals surface area contributed by atoms with E-state index in [1.165, 1.54) is 19.0 Å². The number of pyridine rings is 1. The van der Waals surface area contributed by atoms with Crippen LogP contribution >= 0.6 is 0 Å². The Balaban J connectivity index is 1.92. The molecule has 84 valence electrons. The third-order valence-electron chi connectivity index (χ3n) is 2.96. The first kappa shape index (κ1) is 10.9. The van der Waals surface area contributed by atoms with E-state index in [0.717, 1.165) is 6.54 Å². The van der Waals surface area contributed by atoms with Crippen molar-refractivity contribution in [2.45, 2.75) is 18.9 Å². The van der Waals surface area contributed by atoms with Crippen LogP contribution in [0.3, 0.4) is 0 Å². The molecule has 1 aromatic rings. The molecule has 2 heterocycles. The summed E-state index contributed by atoms with van der Waals surface area (Å²) in [5.41, 5.74) is 0.539. The van der Waals surface area contributed by atoms with Crippen LogP contribution in [0.4, 0.5) is 0 Å². The van der Waals surface area contributed by atoms with Crippen LogP contribution in [-0.4, -0.2) is 36.1 Å². The van der Waals surface area contributed by atoms with Crippen molar-refractivity contribution >= 4 is 0 Å². The summed E-state index contributed by atoms with van der Waals surface area (Å²) >= 11 is 0. The van der Waals surface area contributed by atoms with Crippen LogP contribution in [0.15, 0.2) is 18.5 Å². The Morgan fingerprint density at radius 2 is 2.50 bits per heavy atom. The van der Waals surface area contributed by atoms with E-state index in [1.807, 2.05) is 0 Å². The lowest BCUT2D eigenvalue weighted by molar-refractivity contribution is 0.198. The third kappa shape index (κ3) is 2.50. The Kier molecular flexibility index (Phi) is 3.37. The smallest absolute Gasteiger partial charge is 0.138 e. The van der Waals surface area contributed by atoms with Gasteiger partial charge in [-0.05, 0) is 26.4 Å². The van der Waals surface area contributed by atoms with Crippen LogP contribution in [-0.2, 0) is 0 Å². The van der Waals surface area contributed by atoms with E-state index in [9.17, 15) is 0 Å². The fourth-order valence-corrected chi connectivity index (χ4v) is 1.94. The summed E-state index contributed by atoms with van der Waals surface area (Å²) in [5.74, 6) is 0.680. The van der Waals surface area contributed by atoms with Crippen molar-refractivity contribution < 1.29 is 4.74 Å². The summed E-state index contributed by atoms with van der Waals surface area (Å²) in [6.07, 6.45) is 5.60. The number of hydrogen-bond donors (Lipinski definition) is 0. The molecule has 1 aliphatic heterocycles. The van der Waals surface area contributed by atoms with Crippen molar-refractivity contribution in [1.82, 2.24) is 9.88 Å². The van der Waals surface area contributed by atoms with Crippen molar-refractivity contribution in [2.24, 2.45) is 0 Å². The summed E-state index contributed by atoms with van der Waals surface area (Å²) in [7, 11) is 2.12. The molecule has 1 fully saturated rings. The Labute approximate surface area is 95.5 Å². The number of likely N-dealkylation sites (tertiary alicyclic amines) is 1. The molecule has 2 rings (SSSR count). The molecule has 0 amide bonds. The van der Waals surface area contributed by atoms with Gasteiger partial charge in [-0.15, -0.1) is 0 Å². The molecule has 1 saturated heterocycles. The number of ether oxygens (including phenoxy) is 1. The van der Waals surface area contributed by atoms with Crippen molar-refractivity contribution in [3.63, 3.8) is 0 Å². The molecule has 0 radical (unpaired) electrons. The van der Waals surface area contributed by atoms with Crippen molar-refractivity contribution in [1.29, 1.82) is 5.26 Å². The molecule has 0 saturated carbocycles. The molecule has 0 unspecified atom stereocenters. The highest BCUT2D eigenvalue weighted by molar-refractivity contribution is 5.32. The first-order valence-corrected chi connectivity index (χ1v) is 5.48. The highest BCUT2D eigenvalue weighted by Gasteiger charge is 2.21. The van der Waals surface area contributed by atoms with Gasteiger partial charge in [0, 0.05) is 18.3 Å². The van der Waals surface area contributed by atoms with Crippen LogP contribution in [0.25, 0.3) is 0 Å². The van der Waals surface area contributed by atoms with Crippen LogP contribution in [0, 0.1) is 11.3 Å². The molecule has 0 aromatic carbocycles. The van der Waals surface area contributed by atoms with E-state index >= 15 is 0 Å². The predicted octanol–water partition coefficient (Wildman–Crippen LogP) is 1.43. The van der Waals surface area contributed by atoms with Gasteiger partial charge in [0.25, 0.3) is 0 Å². The first-order chi connectivity index (χ1) is 7.79. The van der Waals surface area contributed by atoms with Gasteiger partial charge in [0.15, 0.2) is 0 Å². The summed E-state index contributed by atoms with van der Waals surface area (Å²) in [6.45, 7) is 1.82. The average molecular weight is 217 g/mol. The largest absolute Gasteiger partial charge is 0.490 e. The minimum absolute atomic E-state index is 0.491. The highest BCUT2D eigenvalue weighted by atomic mass is 16.5. The van der Waals surface area contributed by atoms with Gasteiger partial charge in [0.1, 0.15) is 18.4 Å². The van der Waals surface area contributed by atoms with E-state index in [2.05, 4.69) is 23.0 Å². The number of aromatic nitrogens is 1. The van der Waals surface area contributed by atoms with E-state index in [4.69, 9.17) is 10.00 Å². The van der Waals surface area contributed by atoms with E-state index in [0.29, 0.717) is 24.0 Å². The summed E-state index contributed by atoms with van der Waals surface area (Å²) < 4.78 is 5.65. The van der Waals surface area contributed by atoms with Crippen molar-refractivity contribution in [3.05, 3.63) is 24.0 Å². The molecule has 0 N–H and O–H groups in total. The van der Waals surface area contributed by atoms with Crippen LogP contribution in [0.5, 0.6) is 5.75 Å². The highest BCUT2D eigenvalue weighted by Crippen LogP contribution is 2.17. The zero-order valence-electron chi connectivity index (χ0n) is 9.39. The van der Waals surface area contributed by atoms with Crippen LogP contribution < -0.4 is 4.74 Å². The topological polar surface area (TPSA) is 49.1 Å². The second kappa shape index (κ2) is 4.95. The summed E-state index contributed by atoms with van der Waals surface area (Å²) in [6, 6.07) is 4.27. The molecule has 0 bridgehead atoms. The SMILES string of the molecule is CN1CCC[C@@H]1COc1cncc(C#N)c1. The monoisotopic (exact) mass is 217 g/mol. The molecule has 0 spiro atoms. The fraction of sp³-hybridized carbons (Fsp3) is 0.500. The van der Waals surface area contributed by atoms with Crippen molar-refractivity contribution in [2.75, 3.05) is 20.2 Å².